The summed E-state index contributed by atoms with van der Waals surface area (Å²) in [5.41, 5.74) is 3.08. The standard InChI is InChI=1S/C16H18OS2/c1-2-5-13-12(4-1)14-10-11-6-7-15(16(11,13)17-14)18-8-3-9-19-15/h1-2,4-5,11,14H,3,6-10H2/t11-,14-,16+/m1/s1. The molecule has 2 saturated heterocycles. The van der Waals surface area contributed by atoms with Crippen molar-refractivity contribution in [3.63, 3.8) is 0 Å². The zero-order chi connectivity index (χ0) is 12.5. The maximum absolute atomic E-state index is 6.71. The Morgan fingerprint density at radius 3 is 2.89 bits per heavy atom. The summed E-state index contributed by atoms with van der Waals surface area (Å²) < 4.78 is 7.02. The third kappa shape index (κ3) is 1.22. The minimum Gasteiger partial charge on any atom is -0.360 e. The largest absolute Gasteiger partial charge is 0.360 e. The number of fused-ring (bicyclic) bond motifs is 3. The van der Waals surface area contributed by atoms with Crippen molar-refractivity contribution in [1.29, 1.82) is 0 Å². The Kier molecular flexibility index (Phi) is 2.27. The van der Waals surface area contributed by atoms with Gasteiger partial charge in [0.25, 0.3) is 0 Å². The Balaban J connectivity index is 1.73. The van der Waals surface area contributed by atoms with E-state index in [2.05, 4.69) is 47.8 Å². The first-order valence-corrected chi connectivity index (χ1v) is 9.38. The van der Waals surface area contributed by atoms with Crippen LogP contribution in [0.5, 0.6) is 0 Å². The molecular weight excluding hydrogens is 272 g/mol. The summed E-state index contributed by atoms with van der Waals surface area (Å²) in [4.78, 5) is 0. The van der Waals surface area contributed by atoms with E-state index >= 15 is 0 Å². The lowest BCUT2D eigenvalue weighted by Crippen LogP contribution is -2.46. The third-order valence-corrected chi connectivity index (χ3v) is 9.10. The van der Waals surface area contributed by atoms with Crippen LogP contribution in [0.2, 0.25) is 0 Å². The van der Waals surface area contributed by atoms with Gasteiger partial charge in [-0.25, -0.2) is 0 Å². The van der Waals surface area contributed by atoms with Gasteiger partial charge in [-0.05, 0) is 54.2 Å². The molecule has 0 N–H and O–H groups in total. The van der Waals surface area contributed by atoms with Gasteiger partial charge in [0.1, 0.15) is 5.60 Å². The molecule has 1 aromatic rings. The second kappa shape index (κ2) is 3.75. The lowest BCUT2D eigenvalue weighted by molar-refractivity contribution is -0.0330. The van der Waals surface area contributed by atoms with Gasteiger partial charge < -0.3 is 4.74 Å². The van der Waals surface area contributed by atoms with E-state index in [-0.39, 0.29) is 5.60 Å². The summed E-state index contributed by atoms with van der Waals surface area (Å²) >= 11 is 4.40. The van der Waals surface area contributed by atoms with E-state index in [4.69, 9.17) is 4.74 Å². The first kappa shape index (κ1) is 11.5. The molecule has 0 unspecified atom stereocenters. The smallest absolute Gasteiger partial charge is 0.121 e. The van der Waals surface area contributed by atoms with E-state index < -0.39 is 0 Å². The predicted octanol–water partition coefficient (Wildman–Crippen LogP) is 4.33. The summed E-state index contributed by atoms with van der Waals surface area (Å²) in [6.07, 6.45) is 5.73. The van der Waals surface area contributed by atoms with Crippen LogP contribution in [0.1, 0.15) is 42.9 Å². The molecule has 5 rings (SSSR count). The molecule has 0 aromatic heterocycles. The fourth-order valence-electron chi connectivity index (χ4n) is 4.79. The van der Waals surface area contributed by atoms with Crippen LogP contribution in [0.4, 0.5) is 0 Å². The highest BCUT2D eigenvalue weighted by Crippen LogP contribution is 2.74. The topological polar surface area (TPSA) is 9.23 Å². The monoisotopic (exact) mass is 290 g/mol. The molecule has 1 saturated carbocycles. The van der Waals surface area contributed by atoms with Crippen molar-refractivity contribution in [3.8, 4) is 0 Å². The van der Waals surface area contributed by atoms with Crippen molar-refractivity contribution in [1.82, 2.24) is 0 Å². The molecule has 19 heavy (non-hydrogen) atoms. The van der Waals surface area contributed by atoms with Crippen LogP contribution >= 0.6 is 23.5 Å². The first-order chi connectivity index (χ1) is 9.36. The number of ether oxygens (including phenoxy) is 1. The average Bonchev–Trinajstić information content (AvgIpc) is 3.09. The SMILES string of the molecule is c1ccc2c(c1)[C@H]1C[C@H]3CCC4(SCCCS4)[C@@]23O1. The van der Waals surface area contributed by atoms with E-state index in [0.29, 0.717) is 10.2 Å². The normalized spacial score (nSPS) is 41.5. The van der Waals surface area contributed by atoms with Crippen LogP contribution in [0.15, 0.2) is 24.3 Å². The molecule has 0 radical (unpaired) electrons. The van der Waals surface area contributed by atoms with Crippen molar-refractivity contribution in [2.24, 2.45) is 5.92 Å². The van der Waals surface area contributed by atoms with Crippen LogP contribution in [0.25, 0.3) is 0 Å². The van der Waals surface area contributed by atoms with Crippen molar-refractivity contribution in [3.05, 3.63) is 35.4 Å². The number of hydrogen-bond acceptors (Lipinski definition) is 3. The van der Waals surface area contributed by atoms with Gasteiger partial charge in [-0.2, -0.15) is 0 Å². The molecule has 2 spiro atoms. The second-order valence-corrected chi connectivity index (χ2v) is 9.25. The van der Waals surface area contributed by atoms with Gasteiger partial charge in [0.15, 0.2) is 0 Å². The molecule has 1 aliphatic carbocycles. The quantitative estimate of drug-likeness (QED) is 0.703. The van der Waals surface area contributed by atoms with Gasteiger partial charge >= 0.3 is 0 Å². The molecule has 0 amide bonds. The molecule has 1 aromatic carbocycles. The van der Waals surface area contributed by atoms with Gasteiger partial charge in [-0.1, -0.05) is 24.3 Å². The van der Waals surface area contributed by atoms with Crippen LogP contribution in [-0.2, 0) is 10.3 Å². The Morgan fingerprint density at radius 1 is 1.16 bits per heavy atom. The highest BCUT2D eigenvalue weighted by molar-refractivity contribution is 8.18. The van der Waals surface area contributed by atoms with Gasteiger partial charge in [0.05, 0.1) is 10.2 Å². The van der Waals surface area contributed by atoms with E-state index in [9.17, 15) is 0 Å². The maximum atomic E-state index is 6.71. The van der Waals surface area contributed by atoms with Crippen LogP contribution in [0, 0.1) is 5.92 Å². The van der Waals surface area contributed by atoms with Gasteiger partial charge in [0, 0.05) is 0 Å². The molecule has 3 heterocycles. The fourth-order valence-corrected chi connectivity index (χ4v) is 8.65. The fraction of sp³-hybridized carbons (Fsp3) is 0.625. The lowest BCUT2D eigenvalue weighted by Gasteiger charge is -2.45. The molecule has 3 fully saturated rings. The zero-order valence-electron chi connectivity index (χ0n) is 10.9. The lowest BCUT2D eigenvalue weighted by atomic mass is 9.76. The number of thioether (sulfide) groups is 2. The molecule has 2 bridgehead atoms. The molecule has 3 heteroatoms. The molecular formula is C16H18OS2. The minimum atomic E-state index is 0.0456. The minimum absolute atomic E-state index is 0.0456. The summed E-state index contributed by atoms with van der Waals surface area (Å²) in [6, 6.07) is 9.04. The van der Waals surface area contributed by atoms with E-state index in [1.54, 1.807) is 0 Å². The molecule has 1 nitrogen and oxygen atoms in total. The van der Waals surface area contributed by atoms with E-state index in [1.165, 1.54) is 48.3 Å². The maximum Gasteiger partial charge on any atom is 0.121 e. The first-order valence-electron chi connectivity index (χ1n) is 7.41. The van der Waals surface area contributed by atoms with Crippen LogP contribution in [-0.4, -0.2) is 15.6 Å². The van der Waals surface area contributed by atoms with Crippen molar-refractivity contribution in [2.45, 2.75) is 41.5 Å². The number of hydrogen-bond donors (Lipinski definition) is 0. The second-order valence-electron chi connectivity index (χ2n) is 6.20. The molecule has 3 aliphatic heterocycles. The van der Waals surface area contributed by atoms with Crippen molar-refractivity contribution >= 4 is 23.5 Å². The van der Waals surface area contributed by atoms with Crippen molar-refractivity contribution < 1.29 is 4.74 Å². The highest BCUT2D eigenvalue weighted by atomic mass is 32.2. The highest BCUT2D eigenvalue weighted by Gasteiger charge is 2.70. The Morgan fingerprint density at radius 2 is 2.00 bits per heavy atom. The molecule has 4 aliphatic rings. The summed E-state index contributed by atoms with van der Waals surface area (Å²) in [6.45, 7) is 0. The average molecular weight is 290 g/mol. The Labute approximate surface area is 122 Å². The zero-order valence-corrected chi connectivity index (χ0v) is 12.6. The van der Waals surface area contributed by atoms with Crippen molar-refractivity contribution in [2.75, 3.05) is 11.5 Å². The summed E-state index contributed by atoms with van der Waals surface area (Å²) in [7, 11) is 0. The molecule has 3 atom stereocenters. The van der Waals surface area contributed by atoms with Crippen LogP contribution in [0.3, 0.4) is 0 Å². The van der Waals surface area contributed by atoms with Gasteiger partial charge in [-0.3, -0.25) is 0 Å². The third-order valence-electron chi connectivity index (χ3n) is 5.46. The Bertz CT molecular complexity index is 532. The summed E-state index contributed by atoms with van der Waals surface area (Å²) in [5.74, 6) is 3.40. The molecule has 100 valence electrons. The summed E-state index contributed by atoms with van der Waals surface area (Å²) in [5, 5.41) is 0. The van der Waals surface area contributed by atoms with Crippen LogP contribution < -0.4 is 0 Å². The van der Waals surface area contributed by atoms with Gasteiger partial charge in [-0.15, -0.1) is 23.5 Å². The predicted molar refractivity (Wildman–Crippen MR) is 81.6 cm³/mol. The van der Waals surface area contributed by atoms with E-state index in [1.807, 2.05) is 0 Å². The number of benzene rings is 1. The number of rotatable bonds is 0. The van der Waals surface area contributed by atoms with Gasteiger partial charge in [0.2, 0.25) is 0 Å². The Hall–Kier alpha value is -0.120. The van der Waals surface area contributed by atoms with E-state index in [0.717, 1.165) is 5.92 Å².